The normalized spacial score (nSPS) is 9.21. The summed E-state index contributed by atoms with van der Waals surface area (Å²) in [5, 5.41) is 0. The van der Waals surface area contributed by atoms with Gasteiger partial charge >= 0.3 is 0 Å². The molecule has 19 heavy (non-hydrogen) atoms. The van der Waals surface area contributed by atoms with Crippen LogP contribution in [0.4, 0.5) is 0 Å². The first-order chi connectivity index (χ1) is 9.24. The summed E-state index contributed by atoms with van der Waals surface area (Å²) < 4.78 is 0. The number of hydrogen-bond acceptors (Lipinski definition) is 2. The van der Waals surface area contributed by atoms with Crippen LogP contribution in [0.1, 0.15) is 58.5 Å². The Kier molecular flexibility index (Phi) is 8.77. The maximum absolute atomic E-state index is 4.66. The number of rotatable bonds is 2. The van der Waals surface area contributed by atoms with Gasteiger partial charge in [-0.3, -0.25) is 0 Å². The Balaban J connectivity index is 0.000000741. The zero-order valence-electron chi connectivity index (χ0n) is 13.5. The lowest BCUT2D eigenvalue weighted by atomic mass is 10.1. The number of benzene rings is 1. The number of nitrogens with zero attached hydrogens (tertiary/aromatic N) is 2. The van der Waals surface area contributed by atoms with Crippen molar-refractivity contribution in [3.63, 3.8) is 0 Å². The second-order valence-corrected chi connectivity index (χ2v) is 3.82. The molecule has 0 spiro atoms. The average molecular weight is 260 g/mol. The van der Waals surface area contributed by atoms with Gasteiger partial charge in [-0.1, -0.05) is 47.6 Å². The van der Waals surface area contributed by atoms with Crippen LogP contribution in [0, 0.1) is 6.92 Å². The smallest absolute Gasteiger partial charge is 0.0893 e. The summed E-state index contributed by atoms with van der Waals surface area (Å²) in [4.78, 5) is 9.31. The molecule has 0 N–H and O–H groups in total. The maximum Gasteiger partial charge on any atom is 0.0893 e. The van der Waals surface area contributed by atoms with Crippen molar-refractivity contribution in [2.75, 3.05) is 0 Å². The maximum atomic E-state index is 4.66. The van der Waals surface area contributed by atoms with E-state index in [4.69, 9.17) is 0 Å². The zero-order valence-corrected chi connectivity index (χ0v) is 13.5. The van der Waals surface area contributed by atoms with E-state index in [2.05, 4.69) is 48.9 Å². The van der Waals surface area contributed by atoms with Crippen LogP contribution in [-0.4, -0.2) is 9.97 Å². The number of aromatic nitrogens is 2. The quantitative estimate of drug-likeness (QED) is 0.749. The van der Waals surface area contributed by atoms with Crippen LogP contribution in [0.3, 0.4) is 0 Å². The zero-order chi connectivity index (χ0) is 14.8. The van der Waals surface area contributed by atoms with Crippen LogP contribution in [0.25, 0.3) is 11.0 Å². The molecule has 0 unspecified atom stereocenters. The van der Waals surface area contributed by atoms with Gasteiger partial charge in [0, 0.05) is 0 Å². The van der Waals surface area contributed by atoms with Gasteiger partial charge in [0.05, 0.1) is 22.4 Å². The van der Waals surface area contributed by atoms with Gasteiger partial charge in [0.25, 0.3) is 0 Å². The molecule has 0 radical (unpaired) electrons. The van der Waals surface area contributed by atoms with Crippen LogP contribution < -0.4 is 0 Å². The van der Waals surface area contributed by atoms with Crippen molar-refractivity contribution in [1.29, 1.82) is 0 Å². The average Bonchev–Trinajstić information content (AvgIpc) is 2.49. The lowest BCUT2D eigenvalue weighted by Gasteiger charge is -2.06. The van der Waals surface area contributed by atoms with E-state index in [1.54, 1.807) is 0 Å². The fraction of sp³-hybridized carbons (Fsp3) is 0.529. The minimum absolute atomic E-state index is 0.958. The summed E-state index contributed by atoms with van der Waals surface area (Å²) in [6.07, 6.45) is 1.92. The van der Waals surface area contributed by atoms with E-state index in [0.717, 1.165) is 35.3 Å². The topological polar surface area (TPSA) is 25.8 Å². The van der Waals surface area contributed by atoms with Crippen LogP contribution >= 0.6 is 0 Å². The van der Waals surface area contributed by atoms with Gasteiger partial charge in [-0.2, -0.15) is 0 Å². The molecule has 2 heteroatoms. The summed E-state index contributed by atoms with van der Waals surface area (Å²) in [7, 11) is 0. The van der Waals surface area contributed by atoms with E-state index in [1.807, 2.05) is 27.7 Å². The van der Waals surface area contributed by atoms with Gasteiger partial charge in [-0.15, -0.1) is 0 Å². The first-order valence-corrected chi connectivity index (χ1v) is 7.50. The van der Waals surface area contributed by atoms with Crippen molar-refractivity contribution in [1.82, 2.24) is 9.97 Å². The van der Waals surface area contributed by atoms with Gasteiger partial charge in [0.15, 0.2) is 0 Å². The lowest BCUT2D eigenvalue weighted by Crippen LogP contribution is -2.00. The molecule has 2 aromatic rings. The van der Waals surface area contributed by atoms with Gasteiger partial charge in [-0.05, 0) is 37.5 Å². The van der Waals surface area contributed by atoms with Gasteiger partial charge in [0.1, 0.15) is 0 Å². The molecule has 106 valence electrons. The predicted molar refractivity (Wildman–Crippen MR) is 85.7 cm³/mol. The van der Waals surface area contributed by atoms with Crippen LogP contribution in [-0.2, 0) is 12.8 Å². The molecule has 2 rings (SSSR count). The molecule has 0 saturated carbocycles. The van der Waals surface area contributed by atoms with Crippen LogP contribution in [0.5, 0.6) is 0 Å². The minimum Gasteiger partial charge on any atom is -0.249 e. The summed E-state index contributed by atoms with van der Waals surface area (Å²) in [5.74, 6) is 0. The minimum atomic E-state index is 0.958. The summed E-state index contributed by atoms with van der Waals surface area (Å²) in [6, 6.07) is 6.24. The molecular weight excluding hydrogens is 232 g/mol. The third-order valence-corrected chi connectivity index (χ3v) is 2.64. The van der Waals surface area contributed by atoms with Crippen molar-refractivity contribution in [2.45, 2.75) is 61.3 Å². The van der Waals surface area contributed by atoms with Crippen molar-refractivity contribution >= 4 is 11.0 Å². The highest BCUT2D eigenvalue weighted by atomic mass is 14.8. The predicted octanol–water partition coefficient (Wildman–Crippen LogP) is 5.12. The van der Waals surface area contributed by atoms with Crippen LogP contribution in [0.2, 0.25) is 0 Å². The third-order valence-electron chi connectivity index (χ3n) is 2.64. The first kappa shape index (κ1) is 17.6. The van der Waals surface area contributed by atoms with Crippen molar-refractivity contribution in [3.05, 3.63) is 35.2 Å². The highest BCUT2D eigenvalue weighted by molar-refractivity contribution is 5.75. The fourth-order valence-electron chi connectivity index (χ4n) is 1.80. The molecule has 0 fully saturated rings. The molecule has 0 amide bonds. The van der Waals surface area contributed by atoms with Crippen LogP contribution in [0.15, 0.2) is 18.2 Å². The Bertz CT molecular complexity index is 490. The Labute approximate surface area is 118 Å². The monoisotopic (exact) mass is 260 g/mol. The molecular formula is C17H28N2. The first-order valence-electron chi connectivity index (χ1n) is 7.50. The van der Waals surface area contributed by atoms with Crippen molar-refractivity contribution < 1.29 is 0 Å². The van der Waals surface area contributed by atoms with E-state index >= 15 is 0 Å². The Morgan fingerprint density at radius 2 is 1.26 bits per heavy atom. The molecule has 1 aromatic heterocycles. The second-order valence-electron chi connectivity index (χ2n) is 3.82. The molecule has 2 nitrogen and oxygen atoms in total. The van der Waals surface area contributed by atoms with E-state index in [0.29, 0.717) is 0 Å². The highest BCUT2D eigenvalue weighted by Crippen LogP contribution is 2.15. The van der Waals surface area contributed by atoms with E-state index in [-0.39, 0.29) is 0 Å². The molecule has 0 aliphatic rings. The third kappa shape index (κ3) is 4.62. The number of aryl methyl sites for hydroxylation is 3. The lowest BCUT2D eigenvalue weighted by molar-refractivity contribution is 0.930. The summed E-state index contributed by atoms with van der Waals surface area (Å²) >= 11 is 0. The van der Waals surface area contributed by atoms with E-state index in [9.17, 15) is 0 Å². The SMILES string of the molecule is CC.CC.CCc1nc2ccc(C)cc2nc1CC. The standard InChI is InChI=1S/C13H16N2.2C2H6/c1-4-10-11(5-2)15-13-8-9(3)6-7-12(13)14-10;2*1-2/h6-8H,4-5H2,1-3H3;2*1-2H3. The molecule has 0 atom stereocenters. The molecule has 0 aliphatic carbocycles. The summed E-state index contributed by atoms with van der Waals surface area (Å²) in [5.41, 5.74) is 5.53. The highest BCUT2D eigenvalue weighted by Gasteiger charge is 2.05. The summed E-state index contributed by atoms with van der Waals surface area (Å²) in [6.45, 7) is 14.3. The molecule has 0 bridgehead atoms. The van der Waals surface area contributed by atoms with E-state index in [1.165, 1.54) is 5.56 Å². The Hall–Kier alpha value is -1.44. The van der Waals surface area contributed by atoms with E-state index < -0.39 is 0 Å². The van der Waals surface area contributed by atoms with Crippen molar-refractivity contribution in [3.8, 4) is 0 Å². The Morgan fingerprint density at radius 3 is 1.74 bits per heavy atom. The second kappa shape index (κ2) is 9.48. The van der Waals surface area contributed by atoms with Gasteiger partial charge in [-0.25, -0.2) is 9.97 Å². The number of fused-ring (bicyclic) bond motifs is 1. The molecule has 0 saturated heterocycles. The van der Waals surface area contributed by atoms with Gasteiger partial charge < -0.3 is 0 Å². The largest absolute Gasteiger partial charge is 0.249 e. The Morgan fingerprint density at radius 1 is 0.789 bits per heavy atom. The fourth-order valence-corrected chi connectivity index (χ4v) is 1.80. The number of hydrogen-bond donors (Lipinski definition) is 0. The van der Waals surface area contributed by atoms with Crippen molar-refractivity contribution in [2.24, 2.45) is 0 Å². The molecule has 1 aromatic carbocycles. The molecule has 0 aliphatic heterocycles. The van der Waals surface area contributed by atoms with Gasteiger partial charge in [0.2, 0.25) is 0 Å². The molecule has 1 heterocycles.